The first-order chi connectivity index (χ1) is 13.8. The zero-order valence-corrected chi connectivity index (χ0v) is 17.7. The van der Waals surface area contributed by atoms with Gasteiger partial charge in [0.15, 0.2) is 0 Å². The first-order valence-corrected chi connectivity index (χ1v) is 10.2. The third-order valence-corrected chi connectivity index (χ3v) is 5.99. The van der Waals surface area contributed by atoms with Crippen LogP contribution in [0.2, 0.25) is 5.02 Å². The Labute approximate surface area is 175 Å². The van der Waals surface area contributed by atoms with E-state index in [0.29, 0.717) is 17.7 Å². The largest absolute Gasteiger partial charge is 0.507 e. The molecule has 0 saturated carbocycles. The van der Waals surface area contributed by atoms with Crippen LogP contribution in [-0.4, -0.2) is 36.2 Å². The molecule has 6 heteroatoms. The highest BCUT2D eigenvalue weighted by Gasteiger charge is 2.22. The summed E-state index contributed by atoms with van der Waals surface area (Å²) >= 11 is 6.18. The Balaban J connectivity index is 1.58. The lowest BCUT2D eigenvalue weighted by Crippen LogP contribution is -2.46. The molecule has 1 aliphatic heterocycles. The van der Waals surface area contributed by atoms with E-state index in [1.807, 2.05) is 32.0 Å². The highest BCUT2D eigenvalue weighted by molar-refractivity contribution is 6.30. The molecule has 1 N–H and O–H groups in total. The molecule has 0 unspecified atom stereocenters. The Morgan fingerprint density at radius 3 is 2.41 bits per heavy atom. The van der Waals surface area contributed by atoms with Crippen LogP contribution in [0.4, 0.5) is 5.69 Å². The zero-order valence-electron chi connectivity index (χ0n) is 17.0. The van der Waals surface area contributed by atoms with Crippen molar-refractivity contribution in [1.29, 1.82) is 0 Å². The van der Waals surface area contributed by atoms with Gasteiger partial charge in [-0.3, -0.25) is 4.90 Å². The normalized spacial score (nSPS) is 15.2. The van der Waals surface area contributed by atoms with Crippen LogP contribution >= 0.6 is 11.6 Å². The van der Waals surface area contributed by atoms with Gasteiger partial charge < -0.3 is 14.4 Å². The van der Waals surface area contributed by atoms with E-state index in [1.165, 1.54) is 17.3 Å². The predicted molar refractivity (Wildman–Crippen MR) is 117 cm³/mol. The number of piperazine rings is 1. The summed E-state index contributed by atoms with van der Waals surface area (Å²) in [5, 5.41) is 12.2. The first-order valence-electron chi connectivity index (χ1n) is 9.83. The van der Waals surface area contributed by atoms with Crippen molar-refractivity contribution < 1.29 is 9.52 Å². The fourth-order valence-corrected chi connectivity index (χ4v) is 4.41. The second-order valence-electron chi connectivity index (χ2n) is 7.84. The van der Waals surface area contributed by atoms with Crippen molar-refractivity contribution in [3.63, 3.8) is 0 Å². The number of rotatable bonds is 3. The molecule has 0 radical (unpaired) electrons. The lowest BCUT2D eigenvalue weighted by molar-refractivity contribution is 0.246. The number of halogens is 1. The van der Waals surface area contributed by atoms with E-state index < -0.39 is 0 Å². The average molecular weight is 413 g/mol. The van der Waals surface area contributed by atoms with Crippen molar-refractivity contribution in [3.8, 4) is 5.75 Å². The second-order valence-corrected chi connectivity index (χ2v) is 8.27. The van der Waals surface area contributed by atoms with Gasteiger partial charge in [-0.05, 0) is 55.7 Å². The van der Waals surface area contributed by atoms with E-state index in [2.05, 4.69) is 16.7 Å². The number of phenolic OH excluding ortho intramolecular Hbond substituents is 1. The van der Waals surface area contributed by atoms with E-state index in [4.69, 9.17) is 16.0 Å². The highest BCUT2D eigenvalue weighted by atomic mass is 35.5. The molecule has 2 aromatic carbocycles. The fraction of sp³-hybridized carbons (Fsp3) is 0.348. The first kappa shape index (κ1) is 19.8. The highest BCUT2D eigenvalue weighted by Crippen LogP contribution is 2.33. The number of aromatic hydroxyl groups is 1. The summed E-state index contributed by atoms with van der Waals surface area (Å²) in [5.41, 5.74) is 4.95. The molecule has 0 atom stereocenters. The molecule has 0 bridgehead atoms. The lowest BCUT2D eigenvalue weighted by atomic mass is 10.0. The molecule has 1 fully saturated rings. The number of hydrogen-bond donors (Lipinski definition) is 1. The van der Waals surface area contributed by atoms with Crippen molar-refractivity contribution in [1.82, 2.24) is 4.90 Å². The molecular weight excluding hydrogens is 388 g/mol. The number of nitrogens with zero attached hydrogens (tertiary/aromatic N) is 2. The van der Waals surface area contributed by atoms with Crippen LogP contribution in [-0.2, 0) is 6.54 Å². The van der Waals surface area contributed by atoms with Gasteiger partial charge in [0.25, 0.3) is 0 Å². The predicted octanol–water partition coefficient (Wildman–Crippen LogP) is 4.40. The van der Waals surface area contributed by atoms with Crippen molar-refractivity contribution in [2.45, 2.75) is 27.3 Å². The van der Waals surface area contributed by atoms with E-state index in [0.717, 1.165) is 47.7 Å². The zero-order chi connectivity index (χ0) is 20.7. The number of aryl methyl sites for hydroxylation is 3. The third kappa shape index (κ3) is 3.85. The number of benzene rings is 2. The maximum Gasteiger partial charge on any atom is 0.336 e. The Kier molecular flexibility index (Phi) is 5.28. The minimum absolute atomic E-state index is 0.178. The lowest BCUT2D eigenvalue weighted by Gasteiger charge is -2.37. The van der Waals surface area contributed by atoms with Gasteiger partial charge in [-0.1, -0.05) is 17.7 Å². The number of hydrogen-bond acceptors (Lipinski definition) is 5. The molecule has 1 saturated heterocycles. The van der Waals surface area contributed by atoms with Crippen molar-refractivity contribution >= 4 is 28.3 Å². The van der Waals surface area contributed by atoms with Gasteiger partial charge >= 0.3 is 5.63 Å². The third-order valence-electron chi connectivity index (χ3n) is 5.76. The van der Waals surface area contributed by atoms with Crippen LogP contribution < -0.4 is 10.5 Å². The Bertz CT molecular complexity index is 1130. The quantitative estimate of drug-likeness (QED) is 0.646. The van der Waals surface area contributed by atoms with Crippen LogP contribution in [0, 0.1) is 20.8 Å². The standard InChI is InChI=1S/C23H25ClN2O3/c1-14-4-5-17(24)12-19(14)26-8-6-25(7-9-26)13-18-20(27)10-15(2)22-16(3)11-21(28)29-23(18)22/h4-5,10-12,27H,6-9,13H2,1-3H3. The Hall–Kier alpha value is -2.50. The van der Waals surface area contributed by atoms with Gasteiger partial charge in [0.1, 0.15) is 11.3 Å². The monoisotopic (exact) mass is 412 g/mol. The average Bonchev–Trinajstić information content (AvgIpc) is 2.67. The van der Waals surface area contributed by atoms with E-state index in [1.54, 1.807) is 6.07 Å². The molecule has 152 valence electrons. The molecule has 0 spiro atoms. The molecule has 0 aliphatic carbocycles. The Morgan fingerprint density at radius 1 is 1.00 bits per heavy atom. The van der Waals surface area contributed by atoms with Gasteiger partial charge in [0, 0.05) is 54.9 Å². The summed E-state index contributed by atoms with van der Waals surface area (Å²) in [7, 11) is 0. The summed E-state index contributed by atoms with van der Waals surface area (Å²) in [4.78, 5) is 16.6. The fourth-order valence-electron chi connectivity index (χ4n) is 4.24. The molecule has 29 heavy (non-hydrogen) atoms. The molecule has 1 aliphatic rings. The molecule has 4 rings (SSSR count). The van der Waals surface area contributed by atoms with Crippen LogP contribution in [0.1, 0.15) is 22.3 Å². The van der Waals surface area contributed by atoms with E-state index in [9.17, 15) is 9.90 Å². The van der Waals surface area contributed by atoms with Crippen LogP contribution in [0.25, 0.3) is 11.0 Å². The summed E-state index contributed by atoms with van der Waals surface area (Å²) in [6.45, 7) is 9.89. The molecule has 1 aromatic heterocycles. The molecule has 5 nitrogen and oxygen atoms in total. The van der Waals surface area contributed by atoms with E-state index >= 15 is 0 Å². The van der Waals surface area contributed by atoms with Gasteiger partial charge in [-0.25, -0.2) is 4.79 Å². The van der Waals surface area contributed by atoms with Gasteiger partial charge in [-0.2, -0.15) is 0 Å². The number of fused-ring (bicyclic) bond motifs is 1. The second kappa shape index (κ2) is 7.73. The minimum Gasteiger partial charge on any atom is -0.507 e. The van der Waals surface area contributed by atoms with Gasteiger partial charge in [-0.15, -0.1) is 0 Å². The maximum absolute atomic E-state index is 12.0. The number of phenols is 1. The van der Waals surface area contributed by atoms with Crippen LogP contribution in [0.5, 0.6) is 5.75 Å². The summed E-state index contributed by atoms with van der Waals surface area (Å²) in [6.07, 6.45) is 0. The van der Waals surface area contributed by atoms with Gasteiger partial charge in [0.2, 0.25) is 0 Å². The van der Waals surface area contributed by atoms with Crippen LogP contribution in [0.15, 0.2) is 39.5 Å². The van der Waals surface area contributed by atoms with Crippen molar-refractivity contribution in [3.05, 3.63) is 68.0 Å². The molecular formula is C23H25ClN2O3. The topological polar surface area (TPSA) is 56.9 Å². The molecule has 3 aromatic rings. The van der Waals surface area contributed by atoms with Gasteiger partial charge in [0.05, 0.1) is 5.56 Å². The smallest absolute Gasteiger partial charge is 0.336 e. The van der Waals surface area contributed by atoms with Crippen molar-refractivity contribution in [2.75, 3.05) is 31.1 Å². The summed E-state index contributed by atoms with van der Waals surface area (Å²) < 4.78 is 5.53. The SMILES string of the molecule is Cc1ccc(Cl)cc1N1CCN(Cc2c(O)cc(C)c3c(C)cc(=O)oc23)CC1. The maximum atomic E-state index is 12.0. The summed E-state index contributed by atoms with van der Waals surface area (Å²) in [6, 6.07) is 9.24. The molecule has 2 heterocycles. The van der Waals surface area contributed by atoms with E-state index in [-0.39, 0.29) is 11.4 Å². The Morgan fingerprint density at radius 2 is 1.69 bits per heavy atom. The molecule has 0 amide bonds. The number of anilines is 1. The summed E-state index contributed by atoms with van der Waals surface area (Å²) in [5.74, 6) is 0.178. The van der Waals surface area contributed by atoms with Crippen molar-refractivity contribution in [2.24, 2.45) is 0 Å². The van der Waals surface area contributed by atoms with Crippen LogP contribution in [0.3, 0.4) is 0 Å². The minimum atomic E-state index is -0.387.